The summed E-state index contributed by atoms with van der Waals surface area (Å²) in [6.07, 6.45) is 1.42. The van der Waals surface area contributed by atoms with Crippen LogP contribution in [0.4, 0.5) is 5.69 Å². The van der Waals surface area contributed by atoms with Crippen LogP contribution < -0.4 is 19.1 Å². The Hall–Kier alpha value is -3.56. The number of nitrogens with zero attached hydrogens (tertiary/aromatic N) is 2. The van der Waals surface area contributed by atoms with Crippen LogP contribution in [0.25, 0.3) is 0 Å². The van der Waals surface area contributed by atoms with Crippen molar-refractivity contribution in [3.63, 3.8) is 0 Å². The van der Waals surface area contributed by atoms with Gasteiger partial charge in [0.25, 0.3) is 15.9 Å². The molecule has 41 heavy (non-hydrogen) atoms. The van der Waals surface area contributed by atoms with E-state index in [1.807, 2.05) is 30.3 Å². The third-order valence-electron chi connectivity index (χ3n) is 7.80. The van der Waals surface area contributed by atoms with Gasteiger partial charge < -0.3 is 14.8 Å². The molecule has 218 valence electrons. The van der Waals surface area contributed by atoms with Gasteiger partial charge in [0, 0.05) is 13.1 Å². The number of sulfonamides is 1. The van der Waals surface area contributed by atoms with E-state index in [1.54, 1.807) is 18.2 Å². The van der Waals surface area contributed by atoms with Gasteiger partial charge in [0.1, 0.15) is 11.5 Å². The van der Waals surface area contributed by atoms with Gasteiger partial charge in [-0.1, -0.05) is 51.1 Å². The first-order chi connectivity index (χ1) is 19.6. The van der Waals surface area contributed by atoms with E-state index in [-0.39, 0.29) is 22.8 Å². The molecule has 0 aliphatic carbocycles. The van der Waals surface area contributed by atoms with Gasteiger partial charge in [0.05, 0.1) is 24.2 Å². The monoisotopic (exact) mass is 577 g/mol. The highest BCUT2D eigenvalue weighted by molar-refractivity contribution is 7.92. The van der Waals surface area contributed by atoms with E-state index in [9.17, 15) is 13.2 Å². The Morgan fingerprint density at radius 3 is 2.34 bits per heavy atom. The van der Waals surface area contributed by atoms with Crippen molar-refractivity contribution in [3.8, 4) is 11.5 Å². The maximum absolute atomic E-state index is 14.0. The summed E-state index contributed by atoms with van der Waals surface area (Å²) in [5, 5.41) is 3.01. The Morgan fingerprint density at radius 1 is 1.00 bits per heavy atom. The van der Waals surface area contributed by atoms with Crippen molar-refractivity contribution < 1.29 is 22.7 Å². The zero-order valence-corrected chi connectivity index (χ0v) is 25.0. The van der Waals surface area contributed by atoms with Gasteiger partial charge in [-0.2, -0.15) is 0 Å². The van der Waals surface area contributed by atoms with Crippen molar-refractivity contribution in [2.45, 2.75) is 63.1 Å². The van der Waals surface area contributed by atoms with Gasteiger partial charge in [-0.05, 0) is 84.4 Å². The molecule has 0 spiro atoms. The van der Waals surface area contributed by atoms with E-state index in [4.69, 9.17) is 9.47 Å². The van der Waals surface area contributed by atoms with Gasteiger partial charge in [-0.3, -0.25) is 14.0 Å². The minimum atomic E-state index is -4.00. The number of carbonyl (C=O) groups excluding carboxylic acids is 1. The third-order valence-corrected chi connectivity index (χ3v) is 9.59. The zero-order chi connectivity index (χ0) is 29.2. The highest BCUT2D eigenvalue weighted by atomic mass is 32.2. The van der Waals surface area contributed by atoms with Crippen molar-refractivity contribution >= 4 is 21.6 Å². The van der Waals surface area contributed by atoms with Crippen molar-refractivity contribution in [2.75, 3.05) is 31.0 Å². The maximum Gasteiger partial charge on any atom is 0.264 e. The lowest BCUT2D eigenvalue weighted by Crippen LogP contribution is -2.50. The molecule has 1 atom stereocenters. The van der Waals surface area contributed by atoms with Crippen LogP contribution >= 0.6 is 0 Å². The molecule has 0 unspecified atom stereocenters. The molecule has 1 fully saturated rings. The topological polar surface area (TPSA) is 88.2 Å². The summed E-state index contributed by atoms with van der Waals surface area (Å²) in [5.41, 5.74) is 3.41. The predicted molar refractivity (Wildman–Crippen MR) is 160 cm³/mol. The molecule has 2 heterocycles. The number of rotatable bonds is 8. The minimum Gasteiger partial charge on any atom is -0.497 e. The van der Waals surface area contributed by atoms with Gasteiger partial charge in [-0.25, -0.2) is 8.42 Å². The Kier molecular flexibility index (Phi) is 8.29. The van der Waals surface area contributed by atoms with E-state index in [2.05, 4.69) is 37.1 Å². The van der Waals surface area contributed by atoms with Gasteiger partial charge in [0.2, 0.25) is 0 Å². The summed E-state index contributed by atoms with van der Waals surface area (Å²) >= 11 is 0. The molecule has 2 aliphatic rings. The number of likely N-dealkylation sites (tertiary alicyclic amines) is 1. The van der Waals surface area contributed by atoms with Crippen molar-refractivity contribution in [1.29, 1.82) is 0 Å². The summed E-state index contributed by atoms with van der Waals surface area (Å²) in [5.74, 6) is 0.556. The molecule has 8 nitrogen and oxygen atoms in total. The SMILES string of the molecule is COc1ccc(S(=O)(=O)N2C[C@H](C(=O)NCc3ccccc3CN3CCCC3)Oc3ccc(C(C)(C)C)cc32)cc1. The fraction of sp³-hybridized carbons (Fsp3) is 0.406. The van der Waals surface area contributed by atoms with E-state index in [1.165, 1.54) is 42.0 Å². The lowest BCUT2D eigenvalue weighted by molar-refractivity contribution is -0.127. The normalized spacial score (nSPS) is 17.6. The molecule has 3 aromatic carbocycles. The Bertz CT molecular complexity index is 1490. The number of methoxy groups -OCH3 is 1. The second kappa shape index (κ2) is 11.7. The highest BCUT2D eigenvalue weighted by Crippen LogP contribution is 2.40. The second-order valence-electron chi connectivity index (χ2n) is 11.7. The minimum absolute atomic E-state index is 0.113. The standard InChI is InChI=1S/C32H39N3O5S/c1-32(2,3)25-11-16-29-28(19-25)35(41(37,38)27-14-12-26(39-4)13-15-27)22-30(40-29)31(36)33-20-23-9-5-6-10-24(23)21-34-17-7-8-18-34/h5-6,9-16,19,30H,7-8,17-18,20-22H2,1-4H3,(H,33,36)/t30-/m1/s1. The number of nitrogens with one attached hydrogen (secondary N) is 1. The first-order valence-corrected chi connectivity index (χ1v) is 15.5. The number of fused-ring (bicyclic) bond motifs is 1. The van der Waals surface area contributed by atoms with Crippen molar-refractivity contribution in [1.82, 2.24) is 10.2 Å². The fourth-order valence-electron chi connectivity index (χ4n) is 5.32. The number of hydrogen-bond donors (Lipinski definition) is 1. The molecular weight excluding hydrogens is 538 g/mol. The number of benzene rings is 3. The molecular formula is C32H39N3O5S. The van der Waals surface area contributed by atoms with Crippen LogP contribution in [0.15, 0.2) is 71.6 Å². The molecule has 0 saturated carbocycles. The summed E-state index contributed by atoms with van der Waals surface area (Å²) < 4.78 is 40.6. The number of ether oxygens (including phenoxy) is 2. The molecule has 1 amide bonds. The quantitative estimate of drug-likeness (QED) is 0.412. The van der Waals surface area contributed by atoms with E-state index in [0.717, 1.165) is 30.8 Å². The lowest BCUT2D eigenvalue weighted by Gasteiger charge is -2.36. The summed E-state index contributed by atoms with van der Waals surface area (Å²) in [7, 11) is -2.47. The van der Waals surface area contributed by atoms with Crippen LogP contribution in [0.3, 0.4) is 0 Å². The lowest BCUT2D eigenvalue weighted by atomic mass is 9.86. The first-order valence-electron chi connectivity index (χ1n) is 14.1. The highest BCUT2D eigenvalue weighted by Gasteiger charge is 2.38. The number of carbonyl (C=O) groups is 1. The van der Waals surface area contributed by atoms with Gasteiger partial charge in [-0.15, -0.1) is 0 Å². The van der Waals surface area contributed by atoms with Crippen LogP contribution in [-0.4, -0.2) is 52.1 Å². The first kappa shape index (κ1) is 29.0. The second-order valence-corrected chi connectivity index (χ2v) is 13.6. The molecule has 0 bridgehead atoms. The van der Waals surface area contributed by atoms with Crippen LogP contribution in [0.1, 0.15) is 50.3 Å². The molecule has 1 N–H and O–H groups in total. The number of hydrogen-bond acceptors (Lipinski definition) is 6. The Balaban J connectivity index is 1.40. The Labute approximate surface area is 243 Å². The number of amides is 1. The molecule has 9 heteroatoms. The molecule has 0 radical (unpaired) electrons. The van der Waals surface area contributed by atoms with Crippen LogP contribution in [0.2, 0.25) is 0 Å². The van der Waals surface area contributed by atoms with E-state index >= 15 is 0 Å². The Morgan fingerprint density at radius 2 is 1.68 bits per heavy atom. The van der Waals surface area contributed by atoms with E-state index in [0.29, 0.717) is 23.7 Å². The number of anilines is 1. The predicted octanol–water partition coefficient (Wildman–Crippen LogP) is 4.86. The zero-order valence-electron chi connectivity index (χ0n) is 24.2. The van der Waals surface area contributed by atoms with Crippen LogP contribution in [0.5, 0.6) is 11.5 Å². The molecule has 3 aromatic rings. The molecule has 0 aromatic heterocycles. The summed E-state index contributed by atoms with van der Waals surface area (Å²) in [6.45, 7) is 9.43. The van der Waals surface area contributed by atoms with Gasteiger partial charge >= 0.3 is 0 Å². The van der Waals surface area contributed by atoms with Crippen molar-refractivity contribution in [2.24, 2.45) is 0 Å². The maximum atomic E-state index is 14.0. The average Bonchev–Trinajstić information content (AvgIpc) is 3.48. The van der Waals surface area contributed by atoms with Gasteiger partial charge in [0.15, 0.2) is 6.10 Å². The van der Waals surface area contributed by atoms with Crippen LogP contribution in [-0.2, 0) is 33.3 Å². The molecule has 1 saturated heterocycles. The average molecular weight is 578 g/mol. The molecule has 2 aliphatic heterocycles. The smallest absolute Gasteiger partial charge is 0.264 e. The third kappa shape index (κ3) is 6.36. The largest absolute Gasteiger partial charge is 0.497 e. The van der Waals surface area contributed by atoms with E-state index < -0.39 is 16.1 Å². The van der Waals surface area contributed by atoms with Crippen LogP contribution in [0, 0.1) is 0 Å². The fourth-order valence-corrected chi connectivity index (χ4v) is 6.79. The molecule has 5 rings (SSSR count). The van der Waals surface area contributed by atoms with Crippen molar-refractivity contribution in [3.05, 3.63) is 83.4 Å². The summed E-state index contributed by atoms with van der Waals surface area (Å²) in [4.78, 5) is 16.0. The summed E-state index contributed by atoms with van der Waals surface area (Å²) in [6, 6.07) is 19.9.